The van der Waals surface area contributed by atoms with Crippen LogP contribution in [0.15, 0.2) is 66.9 Å². The highest BCUT2D eigenvalue weighted by Crippen LogP contribution is 2.32. The minimum Gasteiger partial charge on any atom is -0.357 e. The molecule has 1 saturated heterocycles. The van der Waals surface area contributed by atoms with Crippen LogP contribution in [0.2, 0.25) is 10.0 Å². The van der Waals surface area contributed by atoms with Crippen molar-refractivity contribution in [2.75, 3.05) is 23.3 Å². The highest BCUT2D eigenvalue weighted by Gasteiger charge is 2.26. The number of nitriles is 1. The second-order valence-electron chi connectivity index (χ2n) is 7.79. The van der Waals surface area contributed by atoms with Crippen molar-refractivity contribution in [3.8, 4) is 6.07 Å². The van der Waals surface area contributed by atoms with Crippen molar-refractivity contribution < 1.29 is 4.79 Å². The van der Waals surface area contributed by atoms with Gasteiger partial charge in [-0.1, -0.05) is 59.6 Å². The Kier molecular flexibility index (Phi) is 6.94. The Balaban J connectivity index is 1.38. The number of rotatable bonds is 5. The maximum absolute atomic E-state index is 12.8. The fourth-order valence-corrected chi connectivity index (χ4v) is 4.38. The van der Waals surface area contributed by atoms with Gasteiger partial charge in [-0.05, 0) is 48.2 Å². The van der Waals surface area contributed by atoms with E-state index in [-0.39, 0.29) is 11.8 Å². The van der Waals surface area contributed by atoms with Crippen LogP contribution in [-0.2, 0) is 4.79 Å². The number of benzene rings is 2. The molecular weight excluding hydrogens is 443 g/mol. The molecule has 1 fully saturated rings. The van der Waals surface area contributed by atoms with E-state index in [0.29, 0.717) is 15.7 Å². The highest BCUT2D eigenvalue weighted by atomic mass is 35.5. The molecule has 0 bridgehead atoms. The van der Waals surface area contributed by atoms with Crippen LogP contribution in [0.1, 0.15) is 29.9 Å². The second kappa shape index (κ2) is 10.0. The summed E-state index contributed by atoms with van der Waals surface area (Å²) in [5, 5.41) is 13.7. The zero-order chi connectivity index (χ0) is 22.5. The van der Waals surface area contributed by atoms with Crippen LogP contribution < -0.4 is 10.2 Å². The second-order valence-corrected chi connectivity index (χ2v) is 8.64. The van der Waals surface area contributed by atoms with Crippen molar-refractivity contribution in [1.29, 1.82) is 5.26 Å². The van der Waals surface area contributed by atoms with Crippen molar-refractivity contribution in [3.05, 3.63) is 88.0 Å². The third kappa shape index (κ3) is 5.04. The molecule has 1 aliphatic rings. The zero-order valence-electron chi connectivity index (χ0n) is 17.3. The lowest BCUT2D eigenvalue weighted by atomic mass is 9.92. The predicted octanol–water partition coefficient (Wildman–Crippen LogP) is 5.90. The van der Waals surface area contributed by atoms with Crippen molar-refractivity contribution in [2.45, 2.75) is 18.8 Å². The molecule has 1 atom stereocenters. The molecule has 1 aliphatic heterocycles. The van der Waals surface area contributed by atoms with E-state index in [1.165, 1.54) is 0 Å². The first kappa shape index (κ1) is 22.1. The van der Waals surface area contributed by atoms with Crippen molar-refractivity contribution >= 4 is 40.6 Å². The van der Waals surface area contributed by atoms with Crippen LogP contribution in [-0.4, -0.2) is 24.0 Å². The van der Waals surface area contributed by atoms with E-state index in [4.69, 9.17) is 23.2 Å². The van der Waals surface area contributed by atoms with E-state index in [0.717, 1.165) is 42.9 Å². The average molecular weight is 465 g/mol. The maximum Gasteiger partial charge on any atom is 0.227 e. The summed E-state index contributed by atoms with van der Waals surface area (Å²) in [5.41, 5.74) is 2.24. The molecule has 5 nitrogen and oxygen atoms in total. The number of carbonyl (C=O) groups is 1. The van der Waals surface area contributed by atoms with Gasteiger partial charge in [-0.2, -0.15) is 5.26 Å². The van der Waals surface area contributed by atoms with Gasteiger partial charge in [0.25, 0.3) is 0 Å². The SMILES string of the molecule is N#CC(c1ccccc1)c1ccc(NC(=O)C2CCN(c3ccc(Cl)cn3)CC2)cc1Cl. The van der Waals surface area contributed by atoms with Gasteiger partial charge in [0.2, 0.25) is 5.91 Å². The van der Waals surface area contributed by atoms with Gasteiger partial charge < -0.3 is 10.2 Å². The summed E-state index contributed by atoms with van der Waals surface area (Å²) in [6.45, 7) is 1.51. The molecule has 0 spiro atoms. The minimum atomic E-state index is -0.459. The van der Waals surface area contributed by atoms with E-state index in [9.17, 15) is 10.1 Å². The van der Waals surface area contributed by atoms with Crippen LogP contribution in [0, 0.1) is 17.2 Å². The molecule has 1 amide bonds. The number of halogens is 2. The van der Waals surface area contributed by atoms with Crippen molar-refractivity contribution in [1.82, 2.24) is 4.98 Å². The van der Waals surface area contributed by atoms with Crippen LogP contribution in [0.25, 0.3) is 0 Å². The highest BCUT2D eigenvalue weighted by molar-refractivity contribution is 6.32. The molecule has 32 heavy (non-hydrogen) atoms. The van der Waals surface area contributed by atoms with E-state index < -0.39 is 5.92 Å². The number of hydrogen-bond acceptors (Lipinski definition) is 4. The van der Waals surface area contributed by atoms with Gasteiger partial charge in [-0.15, -0.1) is 0 Å². The van der Waals surface area contributed by atoms with Gasteiger partial charge in [0.15, 0.2) is 0 Å². The van der Waals surface area contributed by atoms with Crippen molar-refractivity contribution in [3.63, 3.8) is 0 Å². The van der Waals surface area contributed by atoms with Crippen LogP contribution in [0.4, 0.5) is 11.5 Å². The Hall–Kier alpha value is -3.07. The van der Waals surface area contributed by atoms with Gasteiger partial charge in [0.05, 0.1) is 17.0 Å². The molecular formula is C25H22Cl2N4O. The maximum atomic E-state index is 12.8. The Bertz CT molecular complexity index is 1120. The minimum absolute atomic E-state index is 0.0163. The van der Waals surface area contributed by atoms with E-state index in [1.54, 1.807) is 18.3 Å². The third-order valence-electron chi connectivity index (χ3n) is 5.74. The third-order valence-corrected chi connectivity index (χ3v) is 6.29. The van der Waals surface area contributed by atoms with E-state index in [2.05, 4.69) is 21.3 Å². The molecule has 7 heteroatoms. The molecule has 1 aromatic heterocycles. The summed E-state index contributed by atoms with van der Waals surface area (Å²) in [4.78, 5) is 19.3. The number of nitrogens with one attached hydrogen (secondary N) is 1. The molecule has 4 rings (SSSR count). The largest absolute Gasteiger partial charge is 0.357 e. The number of aromatic nitrogens is 1. The summed E-state index contributed by atoms with van der Waals surface area (Å²) in [7, 11) is 0. The summed E-state index contributed by atoms with van der Waals surface area (Å²) < 4.78 is 0. The number of pyridine rings is 1. The standard InChI is InChI=1S/C25H22Cl2N4O/c26-19-6-9-24(29-16-19)31-12-10-18(11-13-31)25(32)30-20-7-8-21(23(27)14-20)22(15-28)17-4-2-1-3-5-17/h1-9,14,16,18,22H,10-13H2,(H,30,32). The van der Waals surface area contributed by atoms with Gasteiger partial charge in [-0.25, -0.2) is 4.98 Å². The van der Waals surface area contributed by atoms with E-state index >= 15 is 0 Å². The lowest BCUT2D eigenvalue weighted by Crippen LogP contribution is -2.38. The summed E-state index contributed by atoms with van der Waals surface area (Å²) in [6.07, 6.45) is 3.12. The molecule has 0 aliphatic carbocycles. The fraction of sp³-hybridized carbons (Fsp3) is 0.240. The molecule has 162 valence electrons. The topological polar surface area (TPSA) is 69.0 Å². The summed E-state index contributed by atoms with van der Waals surface area (Å²) in [5.74, 6) is 0.325. The van der Waals surface area contributed by atoms with Gasteiger partial charge >= 0.3 is 0 Å². The zero-order valence-corrected chi connectivity index (χ0v) is 18.9. The Morgan fingerprint density at radius 2 is 1.84 bits per heavy atom. The molecule has 2 heterocycles. The first-order chi connectivity index (χ1) is 15.5. The first-order valence-corrected chi connectivity index (χ1v) is 11.2. The first-order valence-electron chi connectivity index (χ1n) is 10.5. The van der Waals surface area contributed by atoms with E-state index in [1.807, 2.05) is 48.5 Å². The Morgan fingerprint density at radius 1 is 1.09 bits per heavy atom. The number of piperidine rings is 1. The van der Waals surface area contributed by atoms with Gasteiger partial charge in [0.1, 0.15) is 5.82 Å². The quantitative estimate of drug-likeness (QED) is 0.510. The predicted molar refractivity (Wildman–Crippen MR) is 128 cm³/mol. The molecule has 3 aromatic rings. The Labute approximate surface area is 197 Å². The summed E-state index contributed by atoms with van der Waals surface area (Å²) >= 11 is 12.4. The molecule has 0 saturated carbocycles. The lowest BCUT2D eigenvalue weighted by molar-refractivity contribution is -0.120. The fourth-order valence-electron chi connectivity index (χ4n) is 3.98. The van der Waals surface area contributed by atoms with Crippen molar-refractivity contribution in [2.24, 2.45) is 5.92 Å². The lowest BCUT2D eigenvalue weighted by Gasteiger charge is -2.32. The average Bonchev–Trinajstić information content (AvgIpc) is 2.82. The number of amides is 1. The summed E-state index contributed by atoms with van der Waals surface area (Å²) in [6, 6.07) is 20.9. The number of hydrogen-bond donors (Lipinski definition) is 1. The monoisotopic (exact) mass is 464 g/mol. The molecule has 1 N–H and O–H groups in total. The molecule has 2 aromatic carbocycles. The molecule has 0 radical (unpaired) electrons. The van der Waals surface area contributed by atoms with Crippen LogP contribution in [0.5, 0.6) is 0 Å². The normalized spacial score (nSPS) is 15.1. The van der Waals surface area contributed by atoms with Gasteiger partial charge in [0, 0.05) is 35.9 Å². The number of nitrogens with zero attached hydrogens (tertiary/aromatic N) is 3. The van der Waals surface area contributed by atoms with Crippen LogP contribution >= 0.6 is 23.2 Å². The molecule has 1 unspecified atom stereocenters. The smallest absolute Gasteiger partial charge is 0.227 e. The number of anilines is 2. The Morgan fingerprint density at radius 3 is 2.47 bits per heavy atom. The van der Waals surface area contributed by atoms with Gasteiger partial charge in [-0.3, -0.25) is 4.79 Å². The van der Waals surface area contributed by atoms with Crippen LogP contribution in [0.3, 0.4) is 0 Å². The number of carbonyl (C=O) groups excluding carboxylic acids is 1.